The molecule has 7 nitrogen and oxygen atoms in total. The molecule has 1 aromatic heterocycles. The lowest BCUT2D eigenvalue weighted by molar-refractivity contribution is -0.137. The molecule has 0 bridgehead atoms. The number of methoxy groups -OCH3 is 1. The highest BCUT2D eigenvalue weighted by atomic mass is 32.2. The molecule has 0 aliphatic heterocycles. The molecule has 3 aromatic rings. The fourth-order valence-corrected chi connectivity index (χ4v) is 6.55. The summed E-state index contributed by atoms with van der Waals surface area (Å²) in [5.74, 6) is -2.55. The van der Waals surface area contributed by atoms with Gasteiger partial charge in [0.05, 0.1) is 23.9 Å². The number of anilines is 1. The van der Waals surface area contributed by atoms with Crippen molar-refractivity contribution in [2.24, 2.45) is 5.92 Å². The topological polar surface area (TPSA) is 106 Å². The summed E-state index contributed by atoms with van der Waals surface area (Å²) in [4.78, 5) is 15.1. The summed E-state index contributed by atoms with van der Waals surface area (Å²) in [5, 5.41) is 9.37. The normalized spacial score (nSPS) is 16.1. The highest BCUT2D eigenvalue weighted by Gasteiger charge is 2.35. The first-order chi connectivity index (χ1) is 18.3. The van der Waals surface area contributed by atoms with Crippen LogP contribution in [0.1, 0.15) is 54.1 Å². The van der Waals surface area contributed by atoms with Gasteiger partial charge >= 0.3 is 12.1 Å². The average Bonchev–Trinajstić information content (AvgIpc) is 3.39. The monoisotopic (exact) mass is 584 g/mol. The van der Waals surface area contributed by atoms with E-state index < -0.39 is 49.8 Å². The Morgan fingerprint density at radius 2 is 2.00 bits per heavy atom. The molecule has 1 aliphatic carbocycles. The number of carbonyl (C=O) groups is 1. The van der Waals surface area contributed by atoms with Gasteiger partial charge in [-0.1, -0.05) is 31.6 Å². The molecule has 39 heavy (non-hydrogen) atoms. The smallest absolute Gasteiger partial charge is 0.417 e. The Hall–Kier alpha value is -3.45. The third-order valence-electron chi connectivity index (χ3n) is 6.55. The van der Waals surface area contributed by atoms with Gasteiger partial charge in [-0.2, -0.15) is 21.6 Å². The molecule has 0 radical (unpaired) electrons. The standard InChI is InChI=1S/C26H24F4N2O5S2/c1-3-14-4-6-15(7-5-14)16-8-9-17(19(10-16)26(28,29)30)24-31-23(13-38-24)39(35,36)32-21-12-20(27)18(25(33)34)11-22(21)37-2/h6,8-14,32H,3-5,7H2,1-2H3,(H,33,34). The maximum Gasteiger partial charge on any atom is 0.417 e. The van der Waals surface area contributed by atoms with Crippen molar-refractivity contribution in [1.82, 2.24) is 4.98 Å². The Morgan fingerprint density at radius 1 is 1.26 bits per heavy atom. The molecule has 0 spiro atoms. The number of aromatic carboxylic acids is 1. The summed E-state index contributed by atoms with van der Waals surface area (Å²) in [6.45, 7) is 2.09. The van der Waals surface area contributed by atoms with Crippen LogP contribution in [0.3, 0.4) is 0 Å². The van der Waals surface area contributed by atoms with Crippen molar-refractivity contribution in [2.75, 3.05) is 11.8 Å². The van der Waals surface area contributed by atoms with Gasteiger partial charge in [0.2, 0.25) is 0 Å². The number of thiazole rings is 1. The number of benzene rings is 2. The minimum Gasteiger partial charge on any atom is -0.495 e. The molecule has 2 N–H and O–H groups in total. The first-order valence-corrected chi connectivity index (χ1v) is 14.2. The SMILES string of the molecule is CCC1CC=C(c2ccc(-c3nc(S(=O)(=O)Nc4cc(F)c(C(=O)O)cc4OC)cs3)c(C(F)(F)F)c2)CC1. The highest BCUT2D eigenvalue weighted by Crippen LogP contribution is 2.42. The lowest BCUT2D eigenvalue weighted by Gasteiger charge is -2.22. The molecule has 0 saturated heterocycles. The van der Waals surface area contributed by atoms with Gasteiger partial charge in [0.1, 0.15) is 16.6 Å². The molecule has 2 aromatic carbocycles. The third-order valence-corrected chi connectivity index (χ3v) is 8.82. The zero-order chi connectivity index (χ0) is 28.5. The number of aromatic nitrogens is 1. The first kappa shape index (κ1) is 28.6. The van der Waals surface area contributed by atoms with Gasteiger partial charge in [0.25, 0.3) is 10.0 Å². The number of nitrogens with one attached hydrogen (secondary N) is 1. The molecule has 1 aliphatic rings. The van der Waals surface area contributed by atoms with Gasteiger partial charge < -0.3 is 9.84 Å². The van der Waals surface area contributed by atoms with Crippen molar-refractivity contribution in [3.63, 3.8) is 0 Å². The number of alkyl halides is 3. The van der Waals surface area contributed by atoms with Crippen LogP contribution in [-0.4, -0.2) is 31.6 Å². The fraction of sp³-hybridized carbons (Fsp3) is 0.308. The Bertz CT molecular complexity index is 1550. The Morgan fingerprint density at radius 3 is 2.59 bits per heavy atom. The second-order valence-electron chi connectivity index (χ2n) is 8.97. The van der Waals surface area contributed by atoms with Crippen LogP contribution in [0.5, 0.6) is 5.75 Å². The van der Waals surface area contributed by atoms with Gasteiger partial charge in [-0.15, -0.1) is 11.3 Å². The van der Waals surface area contributed by atoms with Crippen LogP contribution in [0.2, 0.25) is 0 Å². The lowest BCUT2D eigenvalue weighted by atomic mass is 9.84. The van der Waals surface area contributed by atoms with Crippen LogP contribution in [0.4, 0.5) is 23.2 Å². The summed E-state index contributed by atoms with van der Waals surface area (Å²) in [7, 11) is -3.37. The summed E-state index contributed by atoms with van der Waals surface area (Å²) < 4.78 is 89.3. The third kappa shape index (κ3) is 6.09. The number of nitrogens with zero attached hydrogens (tertiary/aromatic N) is 1. The number of carboxylic acid groups (broad SMARTS) is 1. The molecule has 1 heterocycles. The molecule has 13 heteroatoms. The minimum atomic E-state index is -4.72. The van der Waals surface area contributed by atoms with Crippen molar-refractivity contribution >= 4 is 38.6 Å². The van der Waals surface area contributed by atoms with Crippen LogP contribution in [0.15, 0.2) is 46.8 Å². The number of rotatable bonds is 8. The molecule has 0 fully saturated rings. The van der Waals surface area contributed by atoms with E-state index in [-0.39, 0.29) is 16.3 Å². The number of sulfonamides is 1. The van der Waals surface area contributed by atoms with Gasteiger partial charge in [-0.25, -0.2) is 14.2 Å². The van der Waals surface area contributed by atoms with E-state index in [4.69, 9.17) is 9.84 Å². The molecular formula is C26H24F4N2O5S2. The van der Waals surface area contributed by atoms with E-state index in [2.05, 4.69) is 16.6 Å². The summed E-state index contributed by atoms with van der Waals surface area (Å²) in [6, 6.07) is 5.38. The zero-order valence-electron chi connectivity index (χ0n) is 20.8. The van der Waals surface area contributed by atoms with Gasteiger partial charge in [0.15, 0.2) is 5.03 Å². The number of ether oxygens (including phenoxy) is 1. The van der Waals surface area contributed by atoms with Gasteiger partial charge in [0, 0.05) is 17.0 Å². The maximum absolute atomic E-state index is 14.2. The molecule has 208 valence electrons. The van der Waals surface area contributed by atoms with E-state index >= 15 is 0 Å². The Balaban J connectivity index is 1.67. The quantitative estimate of drug-likeness (QED) is 0.275. The molecule has 0 amide bonds. The summed E-state index contributed by atoms with van der Waals surface area (Å²) in [6.07, 6.45) is 0.663. The fourth-order valence-electron chi connectivity index (χ4n) is 4.36. The van der Waals surface area contributed by atoms with E-state index in [1.165, 1.54) is 6.07 Å². The number of hydrogen-bond donors (Lipinski definition) is 2. The van der Waals surface area contributed by atoms with Crippen molar-refractivity contribution < 1.29 is 40.6 Å². The highest BCUT2D eigenvalue weighted by molar-refractivity contribution is 7.92. The number of allylic oxidation sites excluding steroid dienone is 2. The second kappa shape index (κ2) is 11.0. The molecule has 0 saturated carbocycles. The van der Waals surface area contributed by atoms with Crippen LogP contribution < -0.4 is 9.46 Å². The Labute approximate surface area is 226 Å². The average molecular weight is 585 g/mol. The summed E-state index contributed by atoms with van der Waals surface area (Å²) >= 11 is 0.707. The van der Waals surface area contributed by atoms with E-state index in [1.54, 1.807) is 6.07 Å². The predicted octanol–water partition coefficient (Wildman–Crippen LogP) is 7.07. The lowest BCUT2D eigenvalue weighted by Crippen LogP contribution is -2.15. The summed E-state index contributed by atoms with van der Waals surface area (Å²) in [5.41, 5.74) is -1.03. The van der Waals surface area contributed by atoms with Crippen LogP contribution in [0, 0.1) is 11.7 Å². The number of carboxylic acids is 1. The van der Waals surface area contributed by atoms with E-state index in [0.717, 1.165) is 49.5 Å². The zero-order valence-corrected chi connectivity index (χ0v) is 22.4. The second-order valence-corrected chi connectivity index (χ2v) is 11.5. The number of hydrogen-bond acceptors (Lipinski definition) is 6. The molecule has 1 unspecified atom stereocenters. The van der Waals surface area contributed by atoms with Crippen molar-refractivity contribution in [1.29, 1.82) is 0 Å². The first-order valence-electron chi connectivity index (χ1n) is 11.8. The van der Waals surface area contributed by atoms with Crippen molar-refractivity contribution in [2.45, 2.75) is 43.8 Å². The molecule has 4 rings (SSSR count). The largest absolute Gasteiger partial charge is 0.495 e. The Kier molecular flexibility index (Phi) is 8.03. The number of halogens is 4. The van der Waals surface area contributed by atoms with E-state index in [9.17, 15) is 30.8 Å². The van der Waals surface area contributed by atoms with E-state index in [1.807, 2.05) is 6.08 Å². The maximum atomic E-state index is 14.2. The van der Waals surface area contributed by atoms with Crippen LogP contribution in [-0.2, 0) is 16.2 Å². The minimum absolute atomic E-state index is 0.169. The van der Waals surface area contributed by atoms with Crippen molar-refractivity contribution in [3.05, 3.63) is 64.3 Å². The van der Waals surface area contributed by atoms with E-state index in [0.29, 0.717) is 35.3 Å². The van der Waals surface area contributed by atoms with Gasteiger partial charge in [-0.05, 0) is 48.4 Å². The van der Waals surface area contributed by atoms with Crippen LogP contribution >= 0.6 is 11.3 Å². The van der Waals surface area contributed by atoms with Crippen LogP contribution in [0.25, 0.3) is 16.1 Å². The molecular weight excluding hydrogens is 560 g/mol. The van der Waals surface area contributed by atoms with Crippen molar-refractivity contribution in [3.8, 4) is 16.3 Å². The predicted molar refractivity (Wildman–Crippen MR) is 139 cm³/mol. The van der Waals surface area contributed by atoms with Gasteiger partial charge in [-0.3, -0.25) is 4.72 Å². The molecule has 1 atom stereocenters.